The highest BCUT2D eigenvalue weighted by atomic mass is 32.1. The first-order chi connectivity index (χ1) is 25.7. The van der Waals surface area contributed by atoms with Gasteiger partial charge in [-0.15, -0.1) is 11.3 Å². The van der Waals surface area contributed by atoms with Gasteiger partial charge in [-0.2, -0.15) is 0 Å². The van der Waals surface area contributed by atoms with Gasteiger partial charge in [0.25, 0.3) is 0 Å². The standard InChI is InChI=1S/C49H33NOS/c1-32-8-6-9-36(30-32)33-16-23-38(24-17-33)50(39-25-18-34(19-26-39)37-22-29-48-45(31-37)43-11-3-5-15-47(43)52-48)40-27-20-35(21-28-40)41-12-7-13-44-42-10-2-4-14-46(42)51-49(41)44/h2-31H,1H3. The Hall–Kier alpha value is -6.42. The minimum absolute atomic E-state index is 0.911. The minimum atomic E-state index is 0.911. The van der Waals surface area contributed by atoms with Crippen LogP contribution >= 0.6 is 11.3 Å². The van der Waals surface area contributed by atoms with Crippen LogP contribution in [-0.2, 0) is 0 Å². The molecule has 2 heterocycles. The number of nitrogens with zero attached hydrogens (tertiary/aromatic N) is 1. The van der Waals surface area contributed by atoms with Crippen LogP contribution in [0.5, 0.6) is 0 Å². The molecule has 0 aliphatic rings. The maximum atomic E-state index is 6.39. The predicted octanol–water partition coefficient (Wildman–Crippen LogP) is 14.7. The van der Waals surface area contributed by atoms with Gasteiger partial charge in [0.05, 0.1) is 0 Å². The molecule has 0 fully saturated rings. The zero-order valence-electron chi connectivity index (χ0n) is 28.6. The average molecular weight is 684 g/mol. The largest absolute Gasteiger partial charge is 0.455 e. The SMILES string of the molecule is Cc1cccc(-c2ccc(N(c3ccc(-c4ccc5sc6ccccc6c5c4)cc3)c3ccc(-c4cccc5c4oc4ccccc45)cc3)cc2)c1. The molecule has 0 spiro atoms. The van der Waals surface area contributed by atoms with Crippen LogP contribution < -0.4 is 4.90 Å². The molecule has 52 heavy (non-hydrogen) atoms. The lowest BCUT2D eigenvalue weighted by atomic mass is 10.0. The van der Waals surface area contributed by atoms with E-state index in [0.29, 0.717) is 0 Å². The molecule has 0 saturated heterocycles. The van der Waals surface area contributed by atoms with E-state index in [4.69, 9.17) is 4.42 Å². The Morgan fingerprint density at radius 1 is 0.404 bits per heavy atom. The van der Waals surface area contributed by atoms with Crippen LogP contribution in [-0.4, -0.2) is 0 Å². The fraction of sp³-hybridized carbons (Fsp3) is 0.0204. The number of para-hydroxylation sites is 2. The topological polar surface area (TPSA) is 16.4 Å². The summed E-state index contributed by atoms with van der Waals surface area (Å²) in [6.45, 7) is 2.14. The highest BCUT2D eigenvalue weighted by Crippen LogP contribution is 2.41. The zero-order chi connectivity index (χ0) is 34.6. The van der Waals surface area contributed by atoms with E-state index in [2.05, 4.69) is 182 Å². The van der Waals surface area contributed by atoms with E-state index in [0.717, 1.165) is 50.1 Å². The van der Waals surface area contributed by atoms with Gasteiger partial charge in [-0.25, -0.2) is 0 Å². The fourth-order valence-corrected chi connectivity index (χ4v) is 8.63. The number of rotatable bonds is 6. The van der Waals surface area contributed by atoms with Crippen LogP contribution in [0.1, 0.15) is 5.56 Å². The lowest BCUT2D eigenvalue weighted by Crippen LogP contribution is -2.09. The van der Waals surface area contributed by atoms with Crippen molar-refractivity contribution < 1.29 is 4.42 Å². The molecule has 246 valence electrons. The van der Waals surface area contributed by atoms with Crippen molar-refractivity contribution in [3.05, 3.63) is 188 Å². The fourth-order valence-electron chi connectivity index (χ4n) is 7.55. The van der Waals surface area contributed by atoms with Gasteiger partial charge >= 0.3 is 0 Å². The van der Waals surface area contributed by atoms with Gasteiger partial charge in [-0.3, -0.25) is 0 Å². The maximum Gasteiger partial charge on any atom is 0.143 e. The van der Waals surface area contributed by atoms with Crippen molar-refractivity contribution in [2.45, 2.75) is 6.92 Å². The summed E-state index contributed by atoms with van der Waals surface area (Å²) in [6, 6.07) is 65.6. The number of aryl methyl sites for hydroxylation is 1. The second-order valence-electron chi connectivity index (χ2n) is 13.4. The predicted molar refractivity (Wildman–Crippen MR) is 222 cm³/mol. The van der Waals surface area contributed by atoms with Crippen LogP contribution in [0.25, 0.3) is 75.5 Å². The normalized spacial score (nSPS) is 11.6. The molecule has 0 saturated carbocycles. The highest BCUT2D eigenvalue weighted by molar-refractivity contribution is 7.25. The molecular weight excluding hydrogens is 651 g/mol. The monoisotopic (exact) mass is 683 g/mol. The molecule has 0 radical (unpaired) electrons. The van der Waals surface area contributed by atoms with E-state index in [-0.39, 0.29) is 0 Å². The molecule has 0 bridgehead atoms. The number of anilines is 3. The molecule has 0 unspecified atom stereocenters. The first kappa shape index (κ1) is 30.4. The van der Waals surface area contributed by atoms with E-state index in [1.807, 2.05) is 23.5 Å². The molecule has 10 aromatic rings. The number of hydrogen-bond acceptors (Lipinski definition) is 3. The van der Waals surface area contributed by atoms with Gasteiger partial charge in [-0.05, 0) is 95.4 Å². The zero-order valence-corrected chi connectivity index (χ0v) is 29.4. The van der Waals surface area contributed by atoms with Crippen LogP contribution in [0.15, 0.2) is 186 Å². The summed E-state index contributed by atoms with van der Waals surface area (Å²) in [5, 5.41) is 4.92. The second-order valence-corrected chi connectivity index (χ2v) is 14.5. The summed E-state index contributed by atoms with van der Waals surface area (Å²) in [6.07, 6.45) is 0. The lowest BCUT2D eigenvalue weighted by molar-refractivity contribution is 0.670. The van der Waals surface area contributed by atoms with Crippen LogP contribution in [0.4, 0.5) is 17.1 Å². The Morgan fingerprint density at radius 2 is 0.962 bits per heavy atom. The molecule has 0 aliphatic carbocycles. The molecule has 0 atom stereocenters. The van der Waals surface area contributed by atoms with Crippen LogP contribution in [0.2, 0.25) is 0 Å². The Kier molecular flexibility index (Phi) is 7.26. The molecule has 0 amide bonds. The Balaban J connectivity index is 1.04. The number of thiophene rings is 1. The number of hydrogen-bond donors (Lipinski definition) is 0. The quantitative estimate of drug-likeness (QED) is 0.173. The van der Waals surface area contributed by atoms with Gasteiger partial charge in [0.2, 0.25) is 0 Å². The Bertz CT molecular complexity index is 2900. The molecule has 2 nitrogen and oxygen atoms in total. The molecular formula is C49H33NOS. The molecule has 0 N–H and O–H groups in total. The van der Waals surface area contributed by atoms with Crippen molar-refractivity contribution in [2.24, 2.45) is 0 Å². The van der Waals surface area contributed by atoms with E-state index >= 15 is 0 Å². The van der Waals surface area contributed by atoms with Crippen LogP contribution in [0, 0.1) is 6.92 Å². The lowest BCUT2D eigenvalue weighted by Gasteiger charge is -2.26. The van der Waals surface area contributed by atoms with E-state index in [9.17, 15) is 0 Å². The molecule has 3 heteroatoms. The number of benzene rings is 8. The van der Waals surface area contributed by atoms with Crippen molar-refractivity contribution >= 4 is 70.5 Å². The summed E-state index contributed by atoms with van der Waals surface area (Å²) in [5.74, 6) is 0. The molecule has 10 rings (SSSR count). The van der Waals surface area contributed by atoms with E-state index in [1.165, 1.54) is 48.0 Å². The second kappa shape index (κ2) is 12.4. The number of fused-ring (bicyclic) bond motifs is 6. The third-order valence-corrected chi connectivity index (χ3v) is 11.3. The molecule has 0 aliphatic heterocycles. The van der Waals surface area contributed by atoms with Gasteiger partial charge in [0.1, 0.15) is 11.2 Å². The van der Waals surface area contributed by atoms with Crippen molar-refractivity contribution in [1.82, 2.24) is 0 Å². The smallest absolute Gasteiger partial charge is 0.143 e. The first-order valence-corrected chi connectivity index (χ1v) is 18.5. The van der Waals surface area contributed by atoms with Gasteiger partial charge in [0.15, 0.2) is 0 Å². The summed E-state index contributed by atoms with van der Waals surface area (Å²) >= 11 is 1.86. The van der Waals surface area contributed by atoms with Crippen molar-refractivity contribution in [3.8, 4) is 33.4 Å². The molecule has 8 aromatic carbocycles. The summed E-state index contributed by atoms with van der Waals surface area (Å²) in [5.41, 5.74) is 13.4. The van der Waals surface area contributed by atoms with E-state index in [1.54, 1.807) is 0 Å². The van der Waals surface area contributed by atoms with Gasteiger partial charge in [0, 0.05) is 53.6 Å². The summed E-state index contributed by atoms with van der Waals surface area (Å²) < 4.78 is 9.04. The Morgan fingerprint density at radius 3 is 1.67 bits per heavy atom. The average Bonchev–Trinajstić information content (AvgIpc) is 3.77. The highest BCUT2D eigenvalue weighted by Gasteiger charge is 2.16. The first-order valence-electron chi connectivity index (χ1n) is 17.7. The van der Waals surface area contributed by atoms with Crippen molar-refractivity contribution in [1.29, 1.82) is 0 Å². The van der Waals surface area contributed by atoms with E-state index < -0.39 is 0 Å². The summed E-state index contributed by atoms with van der Waals surface area (Å²) in [7, 11) is 0. The van der Waals surface area contributed by atoms with Gasteiger partial charge < -0.3 is 9.32 Å². The molecule has 2 aromatic heterocycles. The maximum absolute atomic E-state index is 6.39. The van der Waals surface area contributed by atoms with Crippen LogP contribution in [0.3, 0.4) is 0 Å². The third kappa shape index (κ3) is 5.26. The van der Waals surface area contributed by atoms with Crippen molar-refractivity contribution in [3.63, 3.8) is 0 Å². The summed E-state index contributed by atoms with van der Waals surface area (Å²) in [4.78, 5) is 2.34. The van der Waals surface area contributed by atoms with Gasteiger partial charge in [-0.1, -0.05) is 127 Å². The Labute approximate surface area is 306 Å². The van der Waals surface area contributed by atoms with Crippen molar-refractivity contribution in [2.75, 3.05) is 4.90 Å². The number of furan rings is 1. The minimum Gasteiger partial charge on any atom is -0.455 e. The third-order valence-electron chi connectivity index (χ3n) is 10.2.